The Morgan fingerprint density at radius 2 is 2.04 bits per heavy atom. The predicted octanol–water partition coefficient (Wildman–Crippen LogP) is 2.73. The standard InChI is InChI=1S/C14H12F2N2O4S/c1-6-8(16)4-7(15)5-9(6)17-12(23)11-10(19)2-3-18(13(11)20)14(21)22/h4-5,19H,2-3H2,1H3,(H,17,23)(H,21,22). The van der Waals surface area contributed by atoms with Crippen molar-refractivity contribution in [2.24, 2.45) is 0 Å². The van der Waals surface area contributed by atoms with E-state index in [0.29, 0.717) is 11.0 Å². The molecule has 9 heteroatoms. The lowest BCUT2D eigenvalue weighted by molar-refractivity contribution is -0.125. The molecule has 6 nitrogen and oxygen atoms in total. The van der Waals surface area contributed by atoms with Crippen LogP contribution in [0.5, 0.6) is 0 Å². The van der Waals surface area contributed by atoms with Crippen molar-refractivity contribution in [2.75, 3.05) is 11.9 Å². The molecule has 0 bridgehead atoms. The van der Waals surface area contributed by atoms with Crippen LogP contribution in [0.1, 0.15) is 12.0 Å². The number of carboxylic acid groups (broad SMARTS) is 1. The topological polar surface area (TPSA) is 89.9 Å². The highest BCUT2D eigenvalue weighted by Gasteiger charge is 2.33. The highest BCUT2D eigenvalue weighted by molar-refractivity contribution is 7.81. The number of carbonyl (C=O) groups is 2. The molecule has 1 aromatic rings. The minimum Gasteiger partial charge on any atom is -0.511 e. The van der Waals surface area contributed by atoms with Gasteiger partial charge in [0, 0.05) is 30.3 Å². The Hall–Kier alpha value is -2.55. The lowest BCUT2D eigenvalue weighted by Crippen LogP contribution is -2.43. The van der Waals surface area contributed by atoms with Crippen LogP contribution in [0, 0.1) is 18.6 Å². The Bertz CT molecular complexity index is 749. The summed E-state index contributed by atoms with van der Waals surface area (Å²) in [5, 5.41) is 21.2. The number of anilines is 1. The van der Waals surface area contributed by atoms with Crippen molar-refractivity contribution in [2.45, 2.75) is 13.3 Å². The molecule has 23 heavy (non-hydrogen) atoms. The molecule has 2 amide bonds. The minimum absolute atomic E-state index is 0.0203. The second-order valence-electron chi connectivity index (χ2n) is 4.83. The number of hydrogen-bond donors (Lipinski definition) is 3. The first-order valence-corrected chi connectivity index (χ1v) is 6.87. The summed E-state index contributed by atoms with van der Waals surface area (Å²) in [5.41, 5.74) is -0.363. The van der Waals surface area contributed by atoms with Crippen molar-refractivity contribution in [1.82, 2.24) is 4.90 Å². The molecule has 122 valence electrons. The largest absolute Gasteiger partial charge is 0.511 e. The molecule has 1 aromatic carbocycles. The normalized spacial score (nSPS) is 14.9. The second kappa shape index (κ2) is 6.29. The van der Waals surface area contributed by atoms with E-state index in [0.717, 1.165) is 6.07 Å². The molecule has 0 aromatic heterocycles. The first kappa shape index (κ1) is 16.8. The third kappa shape index (κ3) is 3.29. The fourth-order valence-electron chi connectivity index (χ4n) is 2.07. The maximum Gasteiger partial charge on any atom is 0.414 e. The van der Waals surface area contributed by atoms with Crippen molar-refractivity contribution in [3.8, 4) is 0 Å². The highest BCUT2D eigenvalue weighted by atomic mass is 32.1. The molecule has 3 N–H and O–H groups in total. The zero-order valence-corrected chi connectivity index (χ0v) is 12.7. The molecule has 0 saturated heterocycles. The number of thiocarbonyl (C=S) groups is 1. The average Bonchev–Trinajstić information content (AvgIpc) is 2.43. The summed E-state index contributed by atoms with van der Waals surface area (Å²) in [5.74, 6) is -3.03. The van der Waals surface area contributed by atoms with E-state index < -0.39 is 29.2 Å². The Kier molecular flexibility index (Phi) is 4.60. The molecule has 2 rings (SSSR count). The summed E-state index contributed by atoms with van der Waals surface area (Å²) in [7, 11) is 0. The first-order valence-electron chi connectivity index (χ1n) is 6.46. The van der Waals surface area contributed by atoms with Gasteiger partial charge in [-0.25, -0.2) is 18.5 Å². The lowest BCUT2D eigenvalue weighted by atomic mass is 10.1. The number of aliphatic hydroxyl groups excluding tert-OH is 1. The number of amides is 2. The van der Waals surface area contributed by atoms with Gasteiger partial charge in [-0.15, -0.1) is 0 Å². The third-order valence-corrected chi connectivity index (χ3v) is 3.64. The van der Waals surface area contributed by atoms with Gasteiger partial charge in [0.1, 0.15) is 28.0 Å². The summed E-state index contributed by atoms with van der Waals surface area (Å²) in [6, 6.07) is 1.67. The van der Waals surface area contributed by atoms with E-state index in [1.54, 1.807) is 0 Å². The van der Waals surface area contributed by atoms with E-state index in [9.17, 15) is 23.5 Å². The molecule has 0 fully saturated rings. The summed E-state index contributed by atoms with van der Waals surface area (Å²) in [6.45, 7) is 1.18. The van der Waals surface area contributed by atoms with Crippen LogP contribution in [0.4, 0.5) is 19.3 Å². The molecule has 0 aliphatic carbocycles. The SMILES string of the molecule is Cc1c(F)cc(F)cc1NC(=S)C1=C(O)CCN(C(=O)O)C1=O. The van der Waals surface area contributed by atoms with Crippen LogP contribution in [-0.2, 0) is 4.79 Å². The molecule has 0 radical (unpaired) electrons. The number of benzene rings is 1. The Morgan fingerprint density at radius 3 is 2.65 bits per heavy atom. The van der Waals surface area contributed by atoms with Gasteiger partial charge in [0.15, 0.2) is 0 Å². The Balaban J connectivity index is 2.33. The quantitative estimate of drug-likeness (QED) is 0.716. The van der Waals surface area contributed by atoms with Crippen LogP contribution in [0.2, 0.25) is 0 Å². The summed E-state index contributed by atoms with van der Waals surface area (Å²) in [4.78, 5) is 23.2. The molecule has 1 aliphatic heterocycles. The average molecular weight is 342 g/mol. The molecule has 1 heterocycles. The molecular formula is C14H12F2N2O4S. The van der Waals surface area contributed by atoms with Crippen LogP contribution in [0.15, 0.2) is 23.5 Å². The minimum atomic E-state index is -1.48. The molecule has 0 atom stereocenters. The maximum absolute atomic E-state index is 13.5. The lowest BCUT2D eigenvalue weighted by Gasteiger charge is -2.25. The van der Waals surface area contributed by atoms with Crippen molar-refractivity contribution in [3.05, 3.63) is 40.7 Å². The fourth-order valence-corrected chi connectivity index (χ4v) is 2.39. The number of nitrogens with zero attached hydrogens (tertiary/aromatic N) is 1. The van der Waals surface area contributed by atoms with Crippen LogP contribution >= 0.6 is 12.2 Å². The van der Waals surface area contributed by atoms with Gasteiger partial charge in [0.2, 0.25) is 0 Å². The zero-order valence-electron chi connectivity index (χ0n) is 11.9. The third-order valence-electron chi connectivity index (χ3n) is 3.34. The zero-order chi connectivity index (χ0) is 17.3. The molecule has 1 aliphatic rings. The monoisotopic (exact) mass is 342 g/mol. The molecule has 0 saturated carbocycles. The number of halogens is 2. The summed E-state index contributed by atoms with van der Waals surface area (Å²) < 4.78 is 26.8. The van der Waals surface area contributed by atoms with Gasteiger partial charge in [0.05, 0.1) is 0 Å². The smallest absolute Gasteiger partial charge is 0.414 e. The van der Waals surface area contributed by atoms with E-state index in [4.69, 9.17) is 17.3 Å². The number of hydrogen-bond acceptors (Lipinski definition) is 4. The van der Waals surface area contributed by atoms with E-state index in [2.05, 4.69) is 5.32 Å². The number of imide groups is 1. The van der Waals surface area contributed by atoms with Crippen molar-refractivity contribution >= 4 is 34.9 Å². The van der Waals surface area contributed by atoms with E-state index >= 15 is 0 Å². The maximum atomic E-state index is 13.5. The van der Waals surface area contributed by atoms with Crippen LogP contribution in [0.25, 0.3) is 0 Å². The number of carbonyl (C=O) groups excluding carboxylic acids is 1. The van der Waals surface area contributed by atoms with Gasteiger partial charge in [-0.1, -0.05) is 12.2 Å². The first-order chi connectivity index (χ1) is 10.7. The molecule has 0 spiro atoms. The van der Waals surface area contributed by atoms with Crippen molar-refractivity contribution < 1.29 is 28.6 Å². The van der Waals surface area contributed by atoms with Gasteiger partial charge in [-0.2, -0.15) is 0 Å². The van der Waals surface area contributed by atoms with E-state index in [1.165, 1.54) is 6.92 Å². The molecule has 0 unspecified atom stereocenters. The van der Waals surface area contributed by atoms with Crippen molar-refractivity contribution in [3.63, 3.8) is 0 Å². The number of rotatable bonds is 2. The fraction of sp³-hybridized carbons (Fsp3) is 0.214. The second-order valence-corrected chi connectivity index (χ2v) is 5.23. The summed E-state index contributed by atoms with van der Waals surface area (Å²) >= 11 is 4.98. The van der Waals surface area contributed by atoms with Crippen molar-refractivity contribution in [1.29, 1.82) is 0 Å². The molecular weight excluding hydrogens is 330 g/mol. The van der Waals surface area contributed by atoms with Gasteiger partial charge >= 0.3 is 6.09 Å². The highest BCUT2D eigenvalue weighted by Crippen LogP contribution is 2.24. The Morgan fingerprint density at radius 1 is 1.39 bits per heavy atom. The van der Waals surface area contributed by atoms with E-state index in [-0.39, 0.29) is 35.0 Å². The van der Waals surface area contributed by atoms with Crippen LogP contribution in [-0.4, -0.2) is 38.6 Å². The van der Waals surface area contributed by atoms with Gasteiger partial charge < -0.3 is 15.5 Å². The van der Waals surface area contributed by atoms with Gasteiger partial charge in [0.25, 0.3) is 5.91 Å². The summed E-state index contributed by atoms with van der Waals surface area (Å²) in [6.07, 6.45) is -1.57. The van der Waals surface area contributed by atoms with Gasteiger partial charge in [-0.3, -0.25) is 4.79 Å². The van der Waals surface area contributed by atoms with Crippen LogP contribution < -0.4 is 5.32 Å². The number of aliphatic hydroxyl groups is 1. The predicted molar refractivity (Wildman–Crippen MR) is 81.3 cm³/mol. The Labute approximate surface area is 135 Å². The van der Waals surface area contributed by atoms with Gasteiger partial charge in [-0.05, 0) is 13.0 Å². The number of nitrogens with one attached hydrogen (secondary N) is 1. The van der Waals surface area contributed by atoms with Crippen LogP contribution in [0.3, 0.4) is 0 Å². The van der Waals surface area contributed by atoms with E-state index in [1.807, 2.05) is 0 Å².